The molecule has 0 saturated carbocycles. The van der Waals surface area contributed by atoms with Crippen LogP contribution in [0.1, 0.15) is 18.6 Å². The van der Waals surface area contributed by atoms with Gasteiger partial charge in [0.1, 0.15) is 0 Å². The molecule has 1 aromatic carbocycles. The summed E-state index contributed by atoms with van der Waals surface area (Å²) in [5, 5.41) is 9.50. The van der Waals surface area contributed by atoms with E-state index in [0.29, 0.717) is 6.54 Å². The van der Waals surface area contributed by atoms with Gasteiger partial charge in [-0.2, -0.15) is 0 Å². The summed E-state index contributed by atoms with van der Waals surface area (Å²) in [5.41, 5.74) is 1.77. The Labute approximate surface area is 116 Å². The van der Waals surface area contributed by atoms with Gasteiger partial charge in [-0.3, -0.25) is 4.79 Å². The molecule has 0 saturated heterocycles. The normalized spacial score (nSPS) is 12.1. The van der Waals surface area contributed by atoms with Crippen LogP contribution in [0.5, 0.6) is 0 Å². The Kier molecular flexibility index (Phi) is 5.16. The summed E-state index contributed by atoms with van der Waals surface area (Å²) in [6.07, 6.45) is -0.496. The molecule has 0 aliphatic carbocycles. The van der Waals surface area contributed by atoms with Crippen LogP contribution in [-0.4, -0.2) is 43.6 Å². The highest BCUT2D eigenvalue weighted by molar-refractivity contribution is 9.10. The van der Waals surface area contributed by atoms with Crippen molar-refractivity contribution in [1.82, 2.24) is 4.90 Å². The van der Waals surface area contributed by atoms with Gasteiger partial charge < -0.3 is 14.9 Å². The van der Waals surface area contributed by atoms with Crippen molar-refractivity contribution in [3.05, 3.63) is 28.2 Å². The Hall–Kier alpha value is -1.07. The number of carbonyl (C=O) groups is 1. The molecule has 0 aliphatic heterocycles. The molecule has 5 heteroatoms. The van der Waals surface area contributed by atoms with Gasteiger partial charge in [0, 0.05) is 25.6 Å². The smallest absolute Gasteiger partial charge is 0.241 e. The number of likely N-dealkylation sites (N-methyl/N-ethyl adjacent to an activating group) is 2. The minimum atomic E-state index is -0.496. The number of hydrogen-bond donors (Lipinski definition) is 1. The summed E-state index contributed by atoms with van der Waals surface area (Å²) < 4.78 is 0.870. The van der Waals surface area contributed by atoms with Crippen LogP contribution in [0.2, 0.25) is 0 Å². The van der Waals surface area contributed by atoms with Crippen LogP contribution < -0.4 is 4.90 Å². The van der Waals surface area contributed by atoms with Crippen molar-refractivity contribution in [2.45, 2.75) is 13.0 Å². The lowest BCUT2D eigenvalue weighted by Gasteiger charge is -2.22. The maximum Gasteiger partial charge on any atom is 0.241 e. The van der Waals surface area contributed by atoms with E-state index in [9.17, 15) is 9.90 Å². The molecule has 1 rings (SSSR count). The van der Waals surface area contributed by atoms with E-state index in [2.05, 4.69) is 15.9 Å². The molecule has 0 spiro atoms. The second-order valence-corrected chi connectivity index (χ2v) is 5.39. The van der Waals surface area contributed by atoms with Gasteiger partial charge >= 0.3 is 0 Å². The first-order valence-electron chi connectivity index (χ1n) is 5.71. The lowest BCUT2D eigenvalue weighted by molar-refractivity contribution is -0.127. The first-order valence-corrected chi connectivity index (χ1v) is 6.51. The number of anilines is 1. The van der Waals surface area contributed by atoms with Crippen LogP contribution in [0.25, 0.3) is 0 Å². The van der Waals surface area contributed by atoms with E-state index < -0.39 is 6.10 Å². The van der Waals surface area contributed by atoms with Crippen LogP contribution in [0.15, 0.2) is 22.7 Å². The number of carbonyl (C=O) groups excluding carboxylic acids is 1. The van der Waals surface area contributed by atoms with Crippen LogP contribution in [0, 0.1) is 0 Å². The number of halogens is 1. The molecular weight excluding hydrogens is 296 g/mol. The van der Waals surface area contributed by atoms with Crippen molar-refractivity contribution in [3.63, 3.8) is 0 Å². The molecule has 0 heterocycles. The summed E-state index contributed by atoms with van der Waals surface area (Å²) in [6.45, 7) is 2.04. The summed E-state index contributed by atoms with van der Waals surface area (Å²) in [5.74, 6) is 0.0454. The van der Waals surface area contributed by atoms with E-state index in [1.54, 1.807) is 25.9 Å². The van der Waals surface area contributed by atoms with Gasteiger partial charge in [-0.05, 0) is 40.5 Å². The predicted molar refractivity (Wildman–Crippen MR) is 76.7 cm³/mol. The number of benzene rings is 1. The zero-order chi connectivity index (χ0) is 13.9. The molecule has 0 aromatic heterocycles. The fourth-order valence-electron chi connectivity index (χ4n) is 1.52. The SMILES string of the molecule is C[C@@H](O)c1ccc(N(C)CC(=O)N(C)C)c(Br)c1. The summed E-state index contributed by atoms with van der Waals surface area (Å²) in [4.78, 5) is 15.1. The van der Waals surface area contributed by atoms with Crippen molar-refractivity contribution < 1.29 is 9.90 Å². The predicted octanol–water partition coefficient (Wildman–Crippen LogP) is 2.03. The molecule has 1 aromatic rings. The minimum Gasteiger partial charge on any atom is -0.389 e. The lowest BCUT2D eigenvalue weighted by atomic mass is 10.1. The summed E-state index contributed by atoms with van der Waals surface area (Å²) >= 11 is 3.47. The monoisotopic (exact) mass is 314 g/mol. The molecule has 0 aliphatic rings. The molecule has 1 atom stereocenters. The Bertz CT molecular complexity index is 433. The first kappa shape index (κ1) is 15.0. The zero-order valence-corrected chi connectivity index (χ0v) is 12.7. The van der Waals surface area contributed by atoms with Gasteiger partial charge in [0.25, 0.3) is 0 Å². The van der Waals surface area contributed by atoms with Crippen LogP contribution in [0.4, 0.5) is 5.69 Å². The van der Waals surface area contributed by atoms with Crippen molar-refractivity contribution in [2.24, 2.45) is 0 Å². The maximum atomic E-state index is 11.6. The highest BCUT2D eigenvalue weighted by Gasteiger charge is 2.12. The van der Waals surface area contributed by atoms with E-state index in [1.807, 2.05) is 30.1 Å². The Morgan fingerprint density at radius 2 is 2.00 bits per heavy atom. The van der Waals surface area contributed by atoms with Crippen molar-refractivity contribution in [1.29, 1.82) is 0 Å². The third-order valence-electron chi connectivity index (χ3n) is 2.74. The van der Waals surface area contributed by atoms with Gasteiger partial charge in [-0.25, -0.2) is 0 Å². The van der Waals surface area contributed by atoms with Gasteiger partial charge in [0.15, 0.2) is 0 Å². The molecule has 0 bridgehead atoms. The summed E-state index contributed by atoms with van der Waals surface area (Å²) in [6, 6.07) is 5.63. The first-order chi connectivity index (χ1) is 8.32. The molecule has 1 N–H and O–H groups in total. The fourth-order valence-corrected chi connectivity index (χ4v) is 2.22. The van der Waals surface area contributed by atoms with Gasteiger partial charge in [0.05, 0.1) is 18.3 Å². The minimum absolute atomic E-state index is 0.0454. The van der Waals surface area contributed by atoms with Crippen LogP contribution in [-0.2, 0) is 4.79 Å². The summed E-state index contributed by atoms with van der Waals surface area (Å²) in [7, 11) is 5.34. The van der Waals surface area contributed by atoms with E-state index >= 15 is 0 Å². The molecular formula is C13H19BrN2O2. The molecule has 0 unspecified atom stereocenters. The number of nitrogens with zero attached hydrogens (tertiary/aromatic N) is 2. The number of amides is 1. The van der Waals surface area contributed by atoms with Gasteiger partial charge in [-0.15, -0.1) is 0 Å². The third kappa shape index (κ3) is 3.71. The topological polar surface area (TPSA) is 43.8 Å². The van der Waals surface area contributed by atoms with E-state index in [0.717, 1.165) is 15.7 Å². The molecule has 4 nitrogen and oxygen atoms in total. The molecule has 0 fully saturated rings. The highest BCUT2D eigenvalue weighted by Crippen LogP contribution is 2.28. The van der Waals surface area contributed by atoms with E-state index in [-0.39, 0.29) is 5.91 Å². The number of rotatable bonds is 4. The number of aliphatic hydroxyl groups excluding tert-OH is 1. The van der Waals surface area contributed by atoms with E-state index in [1.165, 1.54) is 0 Å². The Morgan fingerprint density at radius 3 is 2.44 bits per heavy atom. The number of aliphatic hydroxyl groups is 1. The largest absolute Gasteiger partial charge is 0.389 e. The quantitative estimate of drug-likeness (QED) is 0.924. The standard InChI is InChI=1S/C13H19BrN2O2/c1-9(17)10-5-6-12(11(14)7-10)16(4)8-13(18)15(2)3/h5-7,9,17H,8H2,1-4H3/t9-/m1/s1. The second-order valence-electron chi connectivity index (χ2n) is 4.53. The van der Waals surface area contributed by atoms with Crippen molar-refractivity contribution in [2.75, 3.05) is 32.6 Å². The Balaban J connectivity index is 2.87. The van der Waals surface area contributed by atoms with Gasteiger partial charge in [0.2, 0.25) is 5.91 Å². The molecule has 1 amide bonds. The van der Waals surface area contributed by atoms with Crippen molar-refractivity contribution in [3.8, 4) is 0 Å². The average molecular weight is 315 g/mol. The maximum absolute atomic E-state index is 11.6. The van der Waals surface area contributed by atoms with E-state index in [4.69, 9.17) is 0 Å². The Morgan fingerprint density at radius 1 is 1.39 bits per heavy atom. The van der Waals surface area contributed by atoms with Crippen LogP contribution in [0.3, 0.4) is 0 Å². The lowest BCUT2D eigenvalue weighted by Crippen LogP contribution is -2.34. The zero-order valence-electron chi connectivity index (χ0n) is 11.1. The van der Waals surface area contributed by atoms with Crippen molar-refractivity contribution >= 4 is 27.5 Å². The molecule has 100 valence electrons. The van der Waals surface area contributed by atoms with Gasteiger partial charge in [-0.1, -0.05) is 6.07 Å². The second kappa shape index (κ2) is 6.20. The number of hydrogen-bond acceptors (Lipinski definition) is 3. The van der Waals surface area contributed by atoms with Crippen LogP contribution >= 0.6 is 15.9 Å². The molecule has 0 radical (unpaired) electrons. The highest BCUT2D eigenvalue weighted by atomic mass is 79.9. The average Bonchev–Trinajstić information content (AvgIpc) is 2.28. The fraction of sp³-hybridized carbons (Fsp3) is 0.462. The molecule has 18 heavy (non-hydrogen) atoms. The third-order valence-corrected chi connectivity index (χ3v) is 3.37.